The van der Waals surface area contributed by atoms with Gasteiger partial charge < -0.3 is 4.74 Å². The number of rotatable bonds is 5. The van der Waals surface area contributed by atoms with Crippen LogP contribution in [0, 0.1) is 37.8 Å². The summed E-state index contributed by atoms with van der Waals surface area (Å²) >= 11 is 0.722. The fourth-order valence-corrected chi connectivity index (χ4v) is 3.24. The smallest absolute Gasteiger partial charge is 0.349 e. The molecular weight excluding hydrogens is 330 g/mol. The van der Waals surface area contributed by atoms with Gasteiger partial charge in [0.05, 0.1) is 4.92 Å². The van der Waals surface area contributed by atoms with Crippen LogP contribution in [-0.4, -0.2) is 23.3 Å². The van der Waals surface area contributed by atoms with E-state index < -0.39 is 17.5 Å². The molecule has 0 fully saturated rings. The largest absolute Gasteiger partial charge is 0.453 e. The van der Waals surface area contributed by atoms with Crippen molar-refractivity contribution < 1.29 is 19.2 Å². The lowest BCUT2D eigenvalue weighted by Gasteiger charge is -2.14. The lowest BCUT2D eigenvalue weighted by atomic mass is 9.92. The summed E-state index contributed by atoms with van der Waals surface area (Å²) in [7, 11) is 0. The lowest BCUT2D eigenvalue weighted by Crippen LogP contribution is -2.16. The SMILES string of the molecule is Cc1cc(C)c(C(=O)COC(=O)c2ccc([N+](=O)[O-])s2)c(C)c1C. The third-order valence-electron chi connectivity index (χ3n) is 3.94. The molecule has 2 aromatic rings. The number of ketones is 1. The van der Waals surface area contributed by atoms with Crippen molar-refractivity contribution in [3.63, 3.8) is 0 Å². The number of esters is 1. The Morgan fingerprint density at radius 1 is 1.12 bits per heavy atom. The summed E-state index contributed by atoms with van der Waals surface area (Å²) in [5, 5.41) is 10.5. The predicted octanol–water partition coefficient (Wildman–Crippen LogP) is 3.93. The van der Waals surface area contributed by atoms with Crippen molar-refractivity contribution in [3.8, 4) is 0 Å². The van der Waals surface area contributed by atoms with Crippen LogP contribution in [0.15, 0.2) is 18.2 Å². The number of thiophene rings is 1. The molecule has 6 nitrogen and oxygen atoms in total. The molecule has 0 atom stereocenters. The topological polar surface area (TPSA) is 86.5 Å². The summed E-state index contributed by atoms with van der Waals surface area (Å²) < 4.78 is 5.02. The highest BCUT2D eigenvalue weighted by Crippen LogP contribution is 2.25. The number of benzene rings is 1. The molecule has 24 heavy (non-hydrogen) atoms. The van der Waals surface area contributed by atoms with Gasteiger partial charge in [0.2, 0.25) is 5.78 Å². The van der Waals surface area contributed by atoms with Crippen molar-refractivity contribution in [2.75, 3.05) is 6.61 Å². The van der Waals surface area contributed by atoms with Crippen LogP contribution < -0.4 is 0 Å². The predicted molar refractivity (Wildman–Crippen MR) is 91.0 cm³/mol. The number of carbonyl (C=O) groups is 2. The number of carbonyl (C=O) groups excluding carboxylic acids is 2. The summed E-state index contributed by atoms with van der Waals surface area (Å²) in [6, 6.07) is 4.49. The fourth-order valence-electron chi connectivity index (χ4n) is 2.52. The molecule has 0 bridgehead atoms. The Bertz CT molecular complexity index is 838. The molecule has 1 aromatic carbocycles. The molecule has 0 saturated heterocycles. The zero-order chi connectivity index (χ0) is 18.0. The molecule has 126 valence electrons. The normalized spacial score (nSPS) is 10.5. The third-order valence-corrected chi connectivity index (χ3v) is 4.96. The van der Waals surface area contributed by atoms with Crippen molar-refractivity contribution in [2.45, 2.75) is 27.7 Å². The van der Waals surface area contributed by atoms with Gasteiger partial charge in [-0.2, -0.15) is 0 Å². The van der Waals surface area contributed by atoms with Crippen LogP contribution in [0.2, 0.25) is 0 Å². The van der Waals surface area contributed by atoms with Crippen LogP contribution in [-0.2, 0) is 4.74 Å². The number of aryl methyl sites for hydroxylation is 2. The highest BCUT2D eigenvalue weighted by atomic mass is 32.1. The molecule has 0 aliphatic heterocycles. The van der Waals surface area contributed by atoms with Crippen LogP contribution in [0.3, 0.4) is 0 Å². The highest BCUT2D eigenvalue weighted by molar-refractivity contribution is 7.17. The fraction of sp³-hybridized carbons (Fsp3) is 0.294. The first-order valence-corrected chi connectivity index (χ1v) is 8.06. The number of hydrogen-bond donors (Lipinski definition) is 0. The molecule has 0 saturated carbocycles. The molecule has 0 spiro atoms. The summed E-state index contributed by atoms with van der Waals surface area (Å²) in [6.07, 6.45) is 0. The Hall–Kier alpha value is -2.54. The highest BCUT2D eigenvalue weighted by Gasteiger charge is 2.20. The first kappa shape index (κ1) is 17.8. The van der Waals surface area contributed by atoms with Crippen molar-refractivity contribution in [2.24, 2.45) is 0 Å². The van der Waals surface area contributed by atoms with Crippen LogP contribution in [0.5, 0.6) is 0 Å². The van der Waals surface area contributed by atoms with Crippen molar-refractivity contribution in [1.82, 2.24) is 0 Å². The maximum atomic E-state index is 12.4. The van der Waals surface area contributed by atoms with Crippen LogP contribution in [0.25, 0.3) is 0 Å². The quantitative estimate of drug-likeness (QED) is 0.354. The van der Waals surface area contributed by atoms with E-state index in [-0.39, 0.29) is 15.7 Å². The maximum absolute atomic E-state index is 12.4. The van der Waals surface area contributed by atoms with Gasteiger partial charge in [-0.05, 0) is 56.0 Å². The molecule has 0 N–H and O–H groups in total. The Morgan fingerprint density at radius 2 is 1.79 bits per heavy atom. The minimum Gasteiger partial charge on any atom is -0.453 e. The molecule has 0 aliphatic carbocycles. The second-order valence-electron chi connectivity index (χ2n) is 5.53. The molecule has 1 aromatic heterocycles. The van der Waals surface area contributed by atoms with Gasteiger partial charge in [-0.15, -0.1) is 0 Å². The summed E-state index contributed by atoms with van der Waals surface area (Å²) in [4.78, 5) is 34.5. The van der Waals surface area contributed by atoms with Gasteiger partial charge in [-0.1, -0.05) is 17.4 Å². The number of hydrogen-bond acceptors (Lipinski definition) is 6. The standard InChI is InChI=1S/C17H17NO5S/c1-9-7-10(2)16(12(4)11(9)3)13(19)8-23-17(20)14-5-6-15(24-14)18(21)22/h5-7H,8H2,1-4H3. The molecule has 2 rings (SSSR count). The van der Waals surface area contributed by atoms with Gasteiger partial charge in [-0.25, -0.2) is 4.79 Å². The van der Waals surface area contributed by atoms with Crippen molar-refractivity contribution in [3.05, 3.63) is 61.0 Å². The van der Waals surface area contributed by atoms with E-state index in [0.717, 1.165) is 33.6 Å². The summed E-state index contributed by atoms with van der Waals surface area (Å²) in [6.45, 7) is 7.24. The van der Waals surface area contributed by atoms with E-state index in [9.17, 15) is 19.7 Å². The second kappa shape index (κ2) is 6.92. The second-order valence-corrected chi connectivity index (χ2v) is 6.59. The Kier molecular flexibility index (Phi) is 5.14. The first-order chi connectivity index (χ1) is 11.2. The molecule has 0 amide bonds. The van der Waals surface area contributed by atoms with Gasteiger partial charge in [0.15, 0.2) is 6.61 Å². The van der Waals surface area contributed by atoms with Crippen LogP contribution >= 0.6 is 11.3 Å². The minimum atomic E-state index is -0.736. The number of nitrogens with zero attached hydrogens (tertiary/aromatic N) is 1. The monoisotopic (exact) mass is 347 g/mol. The Balaban J connectivity index is 2.12. The lowest BCUT2D eigenvalue weighted by molar-refractivity contribution is -0.380. The zero-order valence-corrected chi connectivity index (χ0v) is 14.7. The molecule has 7 heteroatoms. The number of nitro groups is 1. The average molecular weight is 347 g/mol. The average Bonchev–Trinajstić information content (AvgIpc) is 3.00. The maximum Gasteiger partial charge on any atom is 0.349 e. The zero-order valence-electron chi connectivity index (χ0n) is 13.8. The molecular formula is C17H17NO5S. The van der Waals surface area contributed by atoms with Crippen LogP contribution in [0.1, 0.15) is 42.3 Å². The van der Waals surface area contributed by atoms with E-state index in [4.69, 9.17) is 4.74 Å². The van der Waals surface area contributed by atoms with Gasteiger partial charge in [0, 0.05) is 11.6 Å². The van der Waals surface area contributed by atoms with E-state index in [0.29, 0.717) is 5.56 Å². The van der Waals surface area contributed by atoms with E-state index in [1.165, 1.54) is 12.1 Å². The van der Waals surface area contributed by atoms with Crippen molar-refractivity contribution in [1.29, 1.82) is 0 Å². The molecule has 0 aliphatic rings. The molecule has 1 heterocycles. The summed E-state index contributed by atoms with van der Waals surface area (Å²) in [5.41, 5.74) is 4.40. The minimum absolute atomic E-state index is 0.100. The van der Waals surface area contributed by atoms with E-state index in [1.54, 1.807) is 0 Å². The third kappa shape index (κ3) is 3.51. The first-order valence-electron chi connectivity index (χ1n) is 7.24. The van der Waals surface area contributed by atoms with Gasteiger partial charge >= 0.3 is 11.0 Å². The van der Waals surface area contributed by atoms with Gasteiger partial charge in [-0.3, -0.25) is 14.9 Å². The van der Waals surface area contributed by atoms with E-state index in [1.807, 2.05) is 33.8 Å². The van der Waals surface area contributed by atoms with E-state index >= 15 is 0 Å². The molecule has 0 radical (unpaired) electrons. The van der Waals surface area contributed by atoms with E-state index in [2.05, 4.69) is 0 Å². The van der Waals surface area contributed by atoms with Crippen LogP contribution in [0.4, 0.5) is 5.00 Å². The molecule has 0 unspecified atom stereocenters. The Labute approximate surface area is 143 Å². The van der Waals surface area contributed by atoms with Crippen molar-refractivity contribution >= 4 is 28.1 Å². The Morgan fingerprint density at radius 3 is 2.38 bits per heavy atom. The summed E-state index contributed by atoms with van der Waals surface area (Å²) in [5.74, 6) is -1.02. The van der Waals surface area contributed by atoms with Gasteiger partial charge in [0.25, 0.3) is 0 Å². The number of Topliss-reactive ketones (excluding diaryl/α,β-unsaturated/α-hetero) is 1. The van der Waals surface area contributed by atoms with Gasteiger partial charge in [0.1, 0.15) is 4.88 Å². The number of ether oxygens (including phenoxy) is 1.